The molecule has 0 fully saturated rings. The Bertz CT molecular complexity index is 927. The highest BCUT2D eigenvalue weighted by molar-refractivity contribution is 8.01. The number of anilines is 1. The van der Waals surface area contributed by atoms with E-state index in [-0.39, 0.29) is 24.0 Å². The first-order chi connectivity index (χ1) is 13.6. The van der Waals surface area contributed by atoms with Gasteiger partial charge in [-0.2, -0.15) is 0 Å². The molecule has 1 aromatic carbocycles. The van der Waals surface area contributed by atoms with Crippen molar-refractivity contribution in [2.45, 2.75) is 24.2 Å². The molecule has 2 N–H and O–H groups in total. The van der Waals surface area contributed by atoms with Gasteiger partial charge in [0.1, 0.15) is 0 Å². The van der Waals surface area contributed by atoms with E-state index in [1.54, 1.807) is 12.4 Å². The van der Waals surface area contributed by atoms with Gasteiger partial charge in [-0.15, -0.1) is 11.3 Å². The summed E-state index contributed by atoms with van der Waals surface area (Å²) in [6.07, 6.45) is 3.63. The minimum absolute atomic E-state index is 0.0835. The van der Waals surface area contributed by atoms with E-state index >= 15 is 0 Å². The normalized spacial score (nSPS) is 10.5. The molecule has 0 saturated carbocycles. The lowest BCUT2D eigenvalue weighted by molar-refractivity contribution is -0.120. The van der Waals surface area contributed by atoms with Gasteiger partial charge in [0.25, 0.3) is 0 Å². The predicted molar refractivity (Wildman–Crippen MR) is 112 cm³/mol. The lowest BCUT2D eigenvalue weighted by Gasteiger charge is -2.04. The predicted octanol–water partition coefficient (Wildman–Crippen LogP) is 3.44. The Morgan fingerprint density at radius 1 is 1.14 bits per heavy atom. The van der Waals surface area contributed by atoms with Crippen LogP contribution in [0, 0.1) is 6.92 Å². The number of benzene rings is 1. The number of nitrogens with zero attached hydrogens (tertiary/aromatic N) is 2. The third-order valence-electron chi connectivity index (χ3n) is 3.75. The number of rotatable bonds is 8. The molecule has 144 valence electrons. The SMILES string of the molecule is Cc1ccc(NC(=O)CSc2nc(CC(=O)NCc3cccnc3)cs2)cc1. The van der Waals surface area contributed by atoms with Crippen molar-refractivity contribution in [1.29, 1.82) is 0 Å². The highest BCUT2D eigenvalue weighted by Crippen LogP contribution is 2.23. The molecule has 0 saturated heterocycles. The molecule has 0 spiro atoms. The molecule has 2 aromatic heterocycles. The zero-order valence-electron chi connectivity index (χ0n) is 15.3. The average molecular weight is 413 g/mol. The average Bonchev–Trinajstić information content (AvgIpc) is 3.15. The highest BCUT2D eigenvalue weighted by Gasteiger charge is 2.10. The summed E-state index contributed by atoms with van der Waals surface area (Å²) < 4.78 is 0.772. The van der Waals surface area contributed by atoms with Gasteiger partial charge in [-0.25, -0.2) is 4.98 Å². The molecule has 2 amide bonds. The van der Waals surface area contributed by atoms with Crippen LogP contribution in [0.3, 0.4) is 0 Å². The van der Waals surface area contributed by atoms with E-state index in [4.69, 9.17) is 0 Å². The molecule has 0 aliphatic heterocycles. The second kappa shape index (κ2) is 10.0. The van der Waals surface area contributed by atoms with Crippen molar-refractivity contribution in [1.82, 2.24) is 15.3 Å². The lowest BCUT2D eigenvalue weighted by atomic mass is 10.2. The first kappa shape index (κ1) is 20.0. The van der Waals surface area contributed by atoms with Gasteiger partial charge in [0.05, 0.1) is 17.9 Å². The third kappa shape index (κ3) is 6.47. The van der Waals surface area contributed by atoms with Gasteiger partial charge in [0.2, 0.25) is 11.8 Å². The molecule has 0 aliphatic rings. The van der Waals surface area contributed by atoms with E-state index in [9.17, 15) is 9.59 Å². The molecule has 3 rings (SSSR count). The zero-order valence-corrected chi connectivity index (χ0v) is 17.0. The van der Waals surface area contributed by atoms with Crippen molar-refractivity contribution in [3.05, 3.63) is 71.0 Å². The number of amides is 2. The van der Waals surface area contributed by atoms with Crippen LogP contribution in [0.1, 0.15) is 16.8 Å². The summed E-state index contributed by atoms with van der Waals surface area (Å²) in [7, 11) is 0. The molecule has 8 heteroatoms. The van der Waals surface area contributed by atoms with Crippen LogP contribution in [0.2, 0.25) is 0 Å². The van der Waals surface area contributed by atoms with Crippen LogP contribution in [0.15, 0.2) is 58.5 Å². The molecule has 0 aliphatic carbocycles. The summed E-state index contributed by atoms with van der Waals surface area (Å²) in [5, 5.41) is 7.56. The number of hydrogen-bond acceptors (Lipinski definition) is 6. The molecule has 6 nitrogen and oxygen atoms in total. The molecule has 0 bridgehead atoms. The number of aromatic nitrogens is 2. The first-order valence-electron chi connectivity index (χ1n) is 8.68. The van der Waals surface area contributed by atoms with Crippen molar-refractivity contribution < 1.29 is 9.59 Å². The van der Waals surface area contributed by atoms with Gasteiger partial charge < -0.3 is 10.6 Å². The Labute approximate surface area is 171 Å². The second-order valence-corrected chi connectivity index (χ2v) is 8.20. The number of thiazole rings is 1. The van der Waals surface area contributed by atoms with Gasteiger partial charge >= 0.3 is 0 Å². The number of nitrogens with one attached hydrogen (secondary N) is 2. The van der Waals surface area contributed by atoms with Gasteiger partial charge in [0, 0.05) is 30.0 Å². The number of aryl methyl sites for hydroxylation is 1. The molecular weight excluding hydrogens is 392 g/mol. The summed E-state index contributed by atoms with van der Waals surface area (Å²) in [6, 6.07) is 11.4. The monoisotopic (exact) mass is 412 g/mol. The van der Waals surface area contributed by atoms with Crippen molar-refractivity contribution in [2.24, 2.45) is 0 Å². The van der Waals surface area contributed by atoms with Gasteiger partial charge in [-0.1, -0.05) is 35.5 Å². The van der Waals surface area contributed by atoms with E-state index < -0.39 is 0 Å². The van der Waals surface area contributed by atoms with E-state index in [0.29, 0.717) is 12.2 Å². The molecule has 28 heavy (non-hydrogen) atoms. The summed E-state index contributed by atoms with van der Waals surface area (Å²) in [4.78, 5) is 32.5. The van der Waals surface area contributed by atoms with Crippen LogP contribution in [0.25, 0.3) is 0 Å². The third-order valence-corrected chi connectivity index (χ3v) is 5.82. The molecular formula is C20H20N4O2S2. The number of carbonyl (C=O) groups is 2. The van der Waals surface area contributed by atoms with Crippen LogP contribution in [0.4, 0.5) is 5.69 Å². The molecule has 0 unspecified atom stereocenters. The summed E-state index contributed by atoms with van der Waals surface area (Å²) >= 11 is 2.80. The smallest absolute Gasteiger partial charge is 0.234 e. The Hall–Kier alpha value is -2.71. The molecule has 0 atom stereocenters. The number of hydrogen-bond donors (Lipinski definition) is 2. The Morgan fingerprint density at radius 3 is 2.71 bits per heavy atom. The van der Waals surface area contributed by atoms with E-state index in [0.717, 1.165) is 21.2 Å². The lowest BCUT2D eigenvalue weighted by Crippen LogP contribution is -2.24. The number of carbonyl (C=O) groups excluding carboxylic acids is 2. The van der Waals surface area contributed by atoms with Crippen LogP contribution in [0.5, 0.6) is 0 Å². The van der Waals surface area contributed by atoms with E-state index in [2.05, 4.69) is 20.6 Å². The zero-order chi connectivity index (χ0) is 19.8. The summed E-state index contributed by atoms with van der Waals surface area (Å²) in [5.41, 5.74) is 3.58. The Morgan fingerprint density at radius 2 is 1.96 bits per heavy atom. The van der Waals surface area contributed by atoms with Crippen molar-refractivity contribution in [3.8, 4) is 0 Å². The summed E-state index contributed by atoms with van der Waals surface area (Å²) in [6.45, 7) is 2.44. The van der Waals surface area contributed by atoms with Crippen molar-refractivity contribution in [3.63, 3.8) is 0 Å². The molecule has 0 radical (unpaired) electrons. The Kier molecular flexibility index (Phi) is 7.16. The standard InChI is InChI=1S/C20H20N4O2S2/c1-14-4-6-16(7-5-14)23-19(26)13-28-20-24-17(12-27-20)9-18(25)22-11-15-3-2-8-21-10-15/h2-8,10,12H,9,11,13H2,1H3,(H,22,25)(H,23,26). The van der Waals surface area contributed by atoms with Crippen molar-refractivity contribution in [2.75, 3.05) is 11.1 Å². The minimum atomic E-state index is -0.0946. The van der Waals surface area contributed by atoms with Gasteiger partial charge in [0.15, 0.2) is 4.34 Å². The largest absolute Gasteiger partial charge is 0.352 e. The van der Waals surface area contributed by atoms with Crippen LogP contribution in [-0.4, -0.2) is 27.5 Å². The fraction of sp³-hybridized carbons (Fsp3) is 0.200. The van der Waals surface area contributed by atoms with Crippen LogP contribution in [-0.2, 0) is 22.6 Å². The highest BCUT2D eigenvalue weighted by atomic mass is 32.2. The topological polar surface area (TPSA) is 84.0 Å². The minimum Gasteiger partial charge on any atom is -0.352 e. The van der Waals surface area contributed by atoms with Crippen LogP contribution < -0.4 is 10.6 Å². The van der Waals surface area contributed by atoms with Crippen LogP contribution >= 0.6 is 23.1 Å². The van der Waals surface area contributed by atoms with Crippen molar-refractivity contribution >= 4 is 40.6 Å². The summed E-state index contributed by atoms with van der Waals surface area (Å²) in [5.74, 6) is 0.0937. The quantitative estimate of drug-likeness (QED) is 0.554. The van der Waals surface area contributed by atoms with E-state index in [1.165, 1.54) is 23.1 Å². The van der Waals surface area contributed by atoms with Gasteiger partial charge in [-0.05, 0) is 30.7 Å². The van der Waals surface area contributed by atoms with E-state index in [1.807, 2.05) is 48.7 Å². The molecule has 2 heterocycles. The second-order valence-electron chi connectivity index (χ2n) is 6.12. The fourth-order valence-corrected chi connectivity index (χ4v) is 3.97. The number of thioether (sulfide) groups is 1. The maximum atomic E-state index is 12.1. The maximum absolute atomic E-state index is 12.1. The maximum Gasteiger partial charge on any atom is 0.234 e. The first-order valence-corrected chi connectivity index (χ1v) is 10.5. The fourth-order valence-electron chi connectivity index (χ4n) is 2.33. The van der Waals surface area contributed by atoms with Gasteiger partial charge in [-0.3, -0.25) is 14.6 Å². The Balaban J connectivity index is 1.41. The number of pyridine rings is 1. The molecule has 3 aromatic rings.